The molecule has 1 N–H and O–H groups in total. The molecule has 0 aliphatic carbocycles. The van der Waals surface area contributed by atoms with E-state index in [0.717, 1.165) is 22.6 Å². The van der Waals surface area contributed by atoms with Crippen LogP contribution in [0.2, 0.25) is 0 Å². The third kappa shape index (κ3) is 4.28. The van der Waals surface area contributed by atoms with Crippen LogP contribution in [-0.4, -0.2) is 29.4 Å². The molecule has 0 aliphatic heterocycles. The van der Waals surface area contributed by atoms with Gasteiger partial charge in [-0.25, -0.2) is 4.68 Å². The van der Waals surface area contributed by atoms with Crippen LogP contribution in [0.4, 0.5) is 0 Å². The predicted molar refractivity (Wildman–Crippen MR) is 103 cm³/mol. The third-order valence-corrected chi connectivity index (χ3v) is 4.33. The Hall–Kier alpha value is -3.28. The number of aromatic nitrogens is 2. The highest BCUT2D eigenvalue weighted by atomic mass is 16.5. The molecule has 3 rings (SSSR count). The van der Waals surface area contributed by atoms with Crippen molar-refractivity contribution in [2.75, 3.05) is 13.7 Å². The summed E-state index contributed by atoms with van der Waals surface area (Å²) < 4.78 is 12.7. The van der Waals surface area contributed by atoms with Crippen LogP contribution in [0, 0.1) is 13.8 Å². The van der Waals surface area contributed by atoms with Crippen LogP contribution in [-0.2, 0) is 11.3 Å². The standard InChI is InChI=1S/C21H23N3O3/c1-15-18(16(2)24(23-15)17-9-5-4-6-10-17)13-22-21(25)14-27-20-12-8-7-11-19(20)26-3/h4-12H,13-14H2,1-3H3,(H,22,25). The molecular formula is C21H23N3O3. The molecule has 0 aliphatic rings. The fourth-order valence-electron chi connectivity index (χ4n) is 2.87. The molecular weight excluding hydrogens is 342 g/mol. The first-order chi connectivity index (χ1) is 13.1. The number of ether oxygens (including phenoxy) is 2. The molecule has 0 atom stereocenters. The lowest BCUT2D eigenvalue weighted by atomic mass is 10.2. The Labute approximate surface area is 158 Å². The maximum Gasteiger partial charge on any atom is 0.258 e. The van der Waals surface area contributed by atoms with E-state index in [-0.39, 0.29) is 12.5 Å². The average molecular weight is 365 g/mol. The first-order valence-electron chi connectivity index (χ1n) is 8.73. The zero-order valence-corrected chi connectivity index (χ0v) is 15.7. The SMILES string of the molecule is COc1ccccc1OCC(=O)NCc1c(C)nn(-c2ccccc2)c1C. The normalized spacial score (nSPS) is 10.5. The van der Waals surface area contributed by atoms with Crippen LogP contribution in [0.1, 0.15) is 17.0 Å². The molecule has 0 radical (unpaired) electrons. The maximum absolute atomic E-state index is 12.2. The van der Waals surface area contributed by atoms with Gasteiger partial charge in [-0.15, -0.1) is 0 Å². The summed E-state index contributed by atoms with van der Waals surface area (Å²) in [7, 11) is 1.57. The second kappa shape index (κ2) is 8.40. The summed E-state index contributed by atoms with van der Waals surface area (Å²) in [6.45, 7) is 4.27. The molecule has 1 amide bonds. The van der Waals surface area contributed by atoms with E-state index < -0.39 is 0 Å². The van der Waals surface area contributed by atoms with Gasteiger partial charge in [0.2, 0.25) is 0 Å². The molecule has 0 bridgehead atoms. The monoisotopic (exact) mass is 365 g/mol. The van der Waals surface area contributed by atoms with E-state index in [2.05, 4.69) is 10.4 Å². The van der Waals surface area contributed by atoms with E-state index >= 15 is 0 Å². The van der Waals surface area contributed by atoms with E-state index in [1.165, 1.54) is 0 Å². The summed E-state index contributed by atoms with van der Waals surface area (Å²) in [6, 6.07) is 17.2. The maximum atomic E-state index is 12.2. The van der Waals surface area contributed by atoms with Crippen molar-refractivity contribution in [2.24, 2.45) is 0 Å². The van der Waals surface area contributed by atoms with Crippen molar-refractivity contribution in [2.45, 2.75) is 20.4 Å². The summed E-state index contributed by atoms with van der Waals surface area (Å²) in [4.78, 5) is 12.2. The molecule has 0 fully saturated rings. The van der Waals surface area contributed by atoms with Crippen LogP contribution < -0.4 is 14.8 Å². The molecule has 6 nitrogen and oxygen atoms in total. The molecule has 27 heavy (non-hydrogen) atoms. The van der Waals surface area contributed by atoms with Crippen LogP contribution >= 0.6 is 0 Å². The highest BCUT2D eigenvalue weighted by Crippen LogP contribution is 2.25. The highest BCUT2D eigenvalue weighted by molar-refractivity contribution is 5.77. The van der Waals surface area contributed by atoms with Gasteiger partial charge in [-0.05, 0) is 38.1 Å². The summed E-state index contributed by atoms with van der Waals surface area (Å²) >= 11 is 0. The Morgan fingerprint density at radius 1 is 1.04 bits per heavy atom. The molecule has 6 heteroatoms. The van der Waals surface area contributed by atoms with Crippen LogP contribution in [0.5, 0.6) is 11.5 Å². The van der Waals surface area contributed by atoms with Gasteiger partial charge in [0.1, 0.15) is 0 Å². The number of amides is 1. The third-order valence-electron chi connectivity index (χ3n) is 4.33. The quantitative estimate of drug-likeness (QED) is 0.698. The molecule has 3 aromatic rings. The minimum absolute atomic E-state index is 0.0781. The Morgan fingerprint density at radius 2 is 1.70 bits per heavy atom. The Bertz CT molecular complexity index is 920. The van der Waals surface area contributed by atoms with Crippen molar-refractivity contribution in [3.8, 4) is 17.2 Å². The summed E-state index contributed by atoms with van der Waals surface area (Å²) in [5, 5.41) is 7.49. The Balaban J connectivity index is 1.62. The van der Waals surface area contributed by atoms with Crippen molar-refractivity contribution in [3.05, 3.63) is 71.5 Å². The molecule has 0 saturated heterocycles. The van der Waals surface area contributed by atoms with E-state index in [9.17, 15) is 4.79 Å². The van der Waals surface area contributed by atoms with Gasteiger partial charge in [0, 0.05) is 17.8 Å². The van der Waals surface area contributed by atoms with Crippen molar-refractivity contribution < 1.29 is 14.3 Å². The zero-order chi connectivity index (χ0) is 19.2. The minimum atomic E-state index is -0.202. The van der Waals surface area contributed by atoms with Crippen LogP contribution in [0.25, 0.3) is 5.69 Å². The number of para-hydroxylation sites is 3. The van der Waals surface area contributed by atoms with E-state index in [1.54, 1.807) is 19.2 Å². The number of aryl methyl sites for hydroxylation is 1. The Kier molecular flexibility index (Phi) is 5.76. The zero-order valence-electron chi connectivity index (χ0n) is 15.7. The van der Waals surface area contributed by atoms with E-state index in [0.29, 0.717) is 18.0 Å². The molecule has 0 saturated carbocycles. The average Bonchev–Trinajstić information content (AvgIpc) is 2.99. The number of nitrogens with zero attached hydrogens (tertiary/aromatic N) is 2. The van der Waals surface area contributed by atoms with E-state index in [1.807, 2.05) is 61.0 Å². The first kappa shape index (κ1) is 18.5. The van der Waals surface area contributed by atoms with Gasteiger partial charge in [0.05, 0.1) is 18.5 Å². The first-order valence-corrected chi connectivity index (χ1v) is 8.73. The lowest BCUT2D eigenvalue weighted by Crippen LogP contribution is -2.28. The molecule has 1 heterocycles. The fourth-order valence-corrected chi connectivity index (χ4v) is 2.87. The summed E-state index contributed by atoms with van der Waals surface area (Å²) in [5.74, 6) is 0.938. The minimum Gasteiger partial charge on any atom is -0.493 e. The topological polar surface area (TPSA) is 65.4 Å². The lowest BCUT2D eigenvalue weighted by Gasteiger charge is -2.11. The van der Waals surface area contributed by atoms with Gasteiger partial charge in [-0.2, -0.15) is 5.10 Å². The van der Waals surface area contributed by atoms with E-state index in [4.69, 9.17) is 9.47 Å². The van der Waals surface area contributed by atoms with Crippen molar-refractivity contribution in [1.82, 2.24) is 15.1 Å². The molecule has 140 valence electrons. The molecule has 2 aromatic carbocycles. The van der Waals surface area contributed by atoms with Crippen LogP contribution in [0.3, 0.4) is 0 Å². The number of hydrogen-bond acceptors (Lipinski definition) is 4. The van der Waals surface area contributed by atoms with Gasteiger partial charge >= 0.3 is 0 Å². The lowest BCUT2D eigenvalue weighted by molar-refractivity contribution is -0.123. The molecule has 0 spiro atoms. The number of rotatable bonds is 7. The van der Waals surface area contributed by atoms with Gasteiger partial charge in [-0.3, -0.25) is 4.79 Å². The number of hydrogen-bond donors (Lipinski definition) is 1. The smallest absolute Gasteiger partial charge is 0.258 e. The van der Waals surface area contributed by atoms with Crippen LogP contribution in [0.15, 0.2) is 54.6 Å². The molecule has 0 unspecified atom stereocenters. The second-order valence-electron chi connectivity index (χ2n) is 6.11. The van der Waals surface area contributed by atoms with Gasteiger partial charge < -0.3 is 14.8 Å². The number of nitrogens with one attached hydrogen (secondary N) is 1. The largest absolute Gasteiger partial charge is 0.493 e. The fraction of sp³-hybridized carbons (Fsp3) is 0.238. The second-order valence-corrected chi connectivity index (χ2v) is 6.11. The van der Waals surface area contributed by atoms with Gasteiger partial charge in [0.25, 0.3) is 5.91 Å². The number of benzene rings is 2. The van der Waals surface area contributed by atoms with Gasteiger partial charge in [-0.1, -0.05) is 30.3 Å². The highest BCUT2D eigenvalue weighted by Gasteiger charge is 2.14. The van der Waals surface area contributed by atoms with Crippen molar-refractivity contribution in [1.29, 1.82) is 0 Å². The Morgan fingerprint density at radius 3 is 2.41 bits per heavy atom. The predicted octanol–water partition coefficient (Wildman–Crippen LogP) is 3.19. The van der Waals surface area contributed by atoms with Gasteiger partial charge in [0.15, 0.2) is 18.1 Å². The van der Waals surface area contributed by atoms with Crippen molar-refractivity contribution >= 4 is 5.91 Å². The number of methoxy groups -OCH3 is 1. The van der Waals surface area contributed by atoms with Crippen molar-refractivity contribution in [3.63, 3.8) is 0 Å². The summed E-state index contributed by atoms with van der Waals surface area (Å²) in [6.07, 6.45) is 0. The summed E-state index contributed by atoms with van der Waals surface area (Å²) in [5.41, 5.74) is 3.90. The molecule has 1 aromatic heterocycles. The number of carbonyl (C=O) groups is 1. The number of carbonyl (C=O) groups excluding carboxylic acids is 1.